The van der Waals surface area contributed by atoms with Gasteiger partial charge in [0.25, 0.3) is 5.56 Å². The van der Waals surface area contributed by atoms with Crippen LogP contribution < -0.4 is 16.6 Å². The van der Waals surface area contributed by atoms with Gasteiger partial charge in [-0.05, 0) is 30.4 Å². The number of hydrogen-bond donors (Lipinski definition) is 3. The van der Waals surface area contributed by atoms with E-state index >= 15 is 0 Å². The van der Waals surface area contributed by atoms with Crippen molar-refractivity contribution in [3.63, 3.8) is 0 Å². The number of nitrogen functional groups attached to an aromatic ring is 1. The van der Waals surface area contributed by atoms with Gasteiger partial charge in [-0.1, -0.05) is 12.1 Å². The van der Waals surface area contributed by atoms with Crippen LogP contribution in [0.5, 0.6) is 0 Å². The standard InChI is InChI=1S/C12H13FN4OS/c1-15-6-7-3-2-4-8(13)11(7)19-12-16-9(14)5-10(18)17-12/h2-5,15H,6H2,1H3,(H3,14,16,17,18). The summed E-state index contributed by atoms with van der Waals surface area (Å²) in [5.74, 6) is -0.249. The summed E-state index contributed by atoms with van der Waals surface area (Å²) in [4.78, 5) is 18.2. The van der Waals surface area contributed by atoms with Crippen LogP contribution in [-0.4, -0.2) is 17.0 Å². The van der Waals surface area contributed by atoms with Crippen LogP contribution in [0.4, 0.5) is 10.2 Å². The molecular weight excluding hydrogens is 267 g/mol. The molecule has 0 saturated heterocycles. The van der Waals surface area contributed by atoms with Crippen molar-refractivity contribution in [2.24, 2.45) is 0 Å². The molecule has 1 aromatic carbocycles. The summed E-state index contributed by atoms with van der Waals surface area (Å²) in [5.41, 5.74) is 5.93. The Morgan fingerprint density at radius 3 is 3.00 bits per heavy atom. The van der Waals surface area contributed by atoms with E-state index in [1.54, 1.807) is 13.1 Å². The number of rotatable bonds is 4. The number of H-pyrrole nitrogens is 1. The summed E-state index contributed by atoms with van der Waals surface area (Å²) in [6.07, 6.45) is 0. The number of benzene rings is 1. The van der Waals surface area contributed by atoms with Crippen LogP contribution in [0.25, 0.3) is 0 Å². The lowest BCUT2D eigenvalue weighted by molar-refractivity contribution is 0.593. The first-order valence-corrected chi connectivity index (χ1v) is 6.38. The molecule has 100 valence electrons. The van der Waals surface area contributed by atoms with Crippen molar-refractivity contribution < 1.29 is 4.39 Å². The second-order valence-electron chi connectivity index (χ2n) is 3.84. The summed E-state index contributed by atoms with van der Waals surface area (Å²) in [5, 5.41) is 3.23. The maximum absolute atomic E-state index is 13.9. The highest BCUT2D eigenvalue weighted by atomic mass is 32.2. The van der Waals surface area contributed by atoms with Crippen LogP contribution in [0.3, 0.4) is 0 Å². The highest BCUT2D eigenvalue weighted by Crippen LogP contribution is 2.30. The largest absolute Gasteiger partial charge is 0.383 e. The lowest BCUT2D eigenvalue weighted by atomic mass is 10.2. The van der Waals surface area contributed by atoms with Gasteiger partial charge in [0.15, 0.2) is 5.16 Å². The van der Waals surface area contributed by atoms with E-state index in [1.165, 1.54) is 12.1 Å². The SMILES string of the molecule is CNCc1cccc(F)c1Sc1nc(N)cc(=O)[nH]1. The fraction of sp³-hybridized carbons (Fsp3) is 0.167. The van der Waals surface area contributed by atoms with Crippen molar-refractivity contribution in [1.82, 2.24) is 15.3 Å². The second-order valence-corrected chi connectivity index (χ2v) is 4.83. The first kappa shape index (κ1) is 13.6. The molecule has 0 atom stereocenters. The number of nitrogens with two attached hydrogens (primary N) is 1. The predicted octanol–water partition coefficient (Wildman–Crippen LogP) is 1.36. The van der Waals surface area contributed by atoms with Crippen molar-refractivity contribution in [3.8, 4) is 0 Å². The molecule has 0 radical (unpaired) electrons. The number of nitrogens with zero attached hydrogens (tertiary/aromatic N) is 1. The molecular formula is C12H13FN4OS. The summed E-state index contributed by atoms with van der Waals surface area (Å²) in [7, 11) is 1.78. The van der Waals surface area contributed by atoms with Gasteiger partial charge in [0.05, 0.1) is 4.90 Å². The first-order chi connectivity index (χ1) is 9.10. The van der Waals surface area contributed by atoms with Gasteiger partial charge in [-0.15, -0.1) is 0 Å². The van der Waals surface area contributed by atoms with Crippen molar-refractivity contribution >= 4 is 17.6 Å². The Labute approximate surface area is 113 Å². The molecule has 5 nitrogen and oxygen atoms in total. The normalized spacial score (nSPS) is 10.6. The number of nitrogens with one attached hydrogen (secondary N) is 2. The number of anilines is 1. The average molecular weight is 280 g/mol. The molecule has 2 rings (SSSR count). The third-order valence-corrected chi connectivity index (χ3v) is 3.40. The maximum Gasteiger partial charge on any atom is 0.253 e. The summed E-state index contributed by atoms with van der Waals surface area (Å²) < 4.78 is 13.9. The van der Waals surface area contributed by atoms with Gasteiger partial charge in [-0.3, -0.25) is 4.79 Å². The Bertz CT molecular complexity index is 644. The Hall–Kier alpha value is -1.86. The summed E-state index contributed by atoms with van der Waals surface area (Å²) in [6, 6.07) is 6.00. The second kappa shape index (κ2) is 5.85. The topological polar surface area (TPSA) is 83.8 Å². The van der Waals surface area contributed by atoms with E-state index < -0.39 is 0 Å². The molecule has 0 saturated carbocycles. The van der Waals surface area contributed by atoms with E-state index in [0.29, 0.717) is 11.4 Å². The van der Waals surface area contributed by atoms with Gasteiger partial charge in [-0.2, -0.15) is 0 Å². The highest BCUT2D eigenvalue weighted by Gasteiger charge is 2.11. The maximum atomic E-state index is 13.9. The molecule has 4 N–H and O–H groups in total. The van der Waals surface area contributed by atoms with Gasteiger partial charge < -0.3 is 16.0 Å². The molecule has 0 aliphatic carbocycles. The fourth-order valence-electron chi connectivity index (χ4n) is 1.60. The minimum atomic E-state index is -0.360. The van der Waals surface area contributed by atoms with Crippen molar-refractivity contribution in [2.45, 2.75) is 16.6 Å². The van der Waals surface area contributed by atoms with E-state index in [4.69, 9.17) is 5.73 Å². The average Bonchev–Trinajstić information content (AvgIpc) is 2.32. The molecule has 0 amide bonds. The molecule has 0 unspecified atom stereocenters. The Morgan fingerprint density at radius 1 is 1.53 bits per heavy atom. The molecule has 0 bridgehead atoms. The molecule has 1 heterocycles. The van der Waals surface area contributed by atoms with E-state index in [1.807, 2.05) is 6.07 Å². The van der Waals surface area contributed by atoms with E-state index in [9.17, 15) is 9.18 Å². The molecule has 2 aromatic rings. The van der Waals surface area contributed by atoms with E-state index in [2.05, 4.69) is 15.3 Å². The fourth-order valence-corrected chi connectivity index (χ4v) is 2.53. The monoisotopic (exact) mass is 280 g/mol. The van der Waals surface area contributed by atoms with Crippen LogP contribution in [-0.2, 0) is 6.54 Å². The van der Waals surface area contributed by atoms with Crippen molar-refractivity contribution in [2.75, 3.05) is 12.8 Å². The van der Waals surface area contributed by atoms with Gasteiger partial charge in [0, 0.05) is 12.6 Å². The van der Waals surface area contributed by atoms with Gasteiger partial charge >= 0.3 is 0 Å². The summed E-state index contributed by atoms with van der Waals surface area (Å²) in [6.45, 7) is 0.520. The number of hydrogen-bond acceptors (Lipinski definition) is 5. The zero-order chi connectivity index (χ0) is 13.8. The van der Waals surface area contributed by atoms with Gasteiger partial charge in [0.2, 0.25) is 0 Å². The Morgan fingerprint density at radius 2 is 2.32 bits per heavy atom. The molecule has 0 aliphatic rings. The zero-order valence-electron chi connectivity index (χ0n) is 10.2. The third kappa shape index (κ3) is 3.33. The van der Waals surface area contributed by atoms with Gasteiger partial charge in [0.1, 0.15) is 11.6 Å². The zero-order valence-corrected chi connectivity index (χ0v) is 11.1. The smallest absolute Gasteiger partial charge is 0.253 e. The third-order valence-electron chi connectivity index (χ3n) is 2.35. The van der Waals surface area contributed by atoms with Crippen LogP contribution in [0.2, 0.25) is 0 Å². The van der Waals surface area contributed by atoms with E-state index in [0.717, 1.165) is 17.3 Å². The molecule has 0 aliphatic heterocycles. The first-order valence-electron chi connectivity index (χ1n) is 5.57. The Balaban J connectivity index is 2.39. The van der Waals surface area contributed by atoms with Crippen molar-refractivity contribution in [1.29, 1.82) is 0 Å². The molecule has 0 spiro atoms. The van der Waals surface area contributed by atoms with Crippen LogP contribution in [0, 0.1) is 5.82 Å². The quantitative estimate of drug-likeness (QED) is 0.737. The number of aromatic nitrogens is 2. The van der Waals surface area contributed by atoms with Crippen molar-refractivity contribution in [3.05, 3.63) is 46.0 Å². The van der Waals surface area contributed by atoms with E-state index in [-0.39, 0.29) is 22.4 Å². The van der Waals surface area contributed by atoms with Crippen LogP contribution >= 0.6 is 11.8 Å². The number of halogens is 1. The highest BCUT2D eigenvalue weighted by molar-refractivity contribution is 7.99. The number of aromatic amines is 1. The lowest BCUT2D eigenvalue weighted by Gasteiger charge is -2.09. The summed E-state index contributed by atoms with van der Waals surface area (Å²) >= 11 is 1.05. The minimum absolute atomic E-state index is 0.109. The molecule has 0 fully saturated rings. The van der Waals surface area contributed by atoms with Gasteiger partial charge in [-0.25, -0.2) is 9.37 Å². The predicted molar refractivity (Wildman–Crippen MR) is 72.6 cm³/mol. The molecule has 19 heavy (non-hydrogen) atoms. The lowest BCUT2D eigenvalue weighted by Crippen LogP contribution is -2.10. The molecule has 1 aromatic heterocycles. The Kier molecular flexibility index (Phi) is 4.18. The molecule has 7 heteroatoms. The van der Waals surface area contributed by atoms with Crippen LogP contribution in [0.1, 0.15) is 5.56 Å². The minimum Gasteiger partial charge on any atom is -0.383 e. The van der Waals surface area contributed by atoms with Crippen LogP contribution in [0.15, 0.2) is 39.1 Å².